The number of anilines is 4. The number of rotatable bonds is 9. The van der Waals surface area contributed by atoms with Gasteiger partial charge in [-0.05, 0) is 149 Å². The first-order valence-electron chi connectivity index (χ1n) is 25.7. The summed E-state index contributed by atoms with van der Waals surface area (Å²) in [5, 5.41) is 2.35. The Balaban J connectivity index is 1.03. The van der Waals surface area contributed by atoms with Crippen LogP contribution >= 0.6 is 0 Å². The molecule has 350 valence electrons. The maximum absolute atomic E-state index is 14.2. The molecule has 0 bridgehead atoms. The molecule has 12 rings (SSSR count). The first-order valence-corrected chi connectivity index (χ1v) is 25.7. The lowest BCUT2D eigenvalue weighted by Gasteiger charge is -2.30. The molecule has 1 aliphatic heterocycles. The van der Waals surface area contributed by atoms with Gasteiger partial charge in [-0.3, -0.25) is 4.57 Å². The number of hydrogen-bond acceptors (Lipinski definition) is 4. The normalized spacial score (nSPS) is 15.8. The van der Waals surface area contributed by atoms with E-state index in [9.17, 15) is 4.39 Å². The van der Waals surface area contributed by atoms with Gasteiger partial charge in [0.05, 0.1) is 28.1 Å². The van der Waals surface area contributed by atoms with Crippen LogP contribution in [0.25, 0.3) is 49.9 Å². The van der Waals surface area contributed by atoms with Crippen LogP contribution < -0.4 is 14.5 Å². The summed E-state index contributed by atoms with van der Waals surface area (Å²) in [6.07, 6.45) is 14.6. The monoisotopic (exact) mass is 920 g/mol. The van der Waals surface area contributed by atoms with Crippen LogP contribution in [0.1, 0.15) is 114 Å². The summed E-state index contributed by atoms with van der Waals surface area (Å²) in [7, 11) is 0. The molecule has 9 aromatic rings. The van der Waals surface area contributed by atoms with E-state index in [0.29, 0.717) is 18.5 Å². The molecule has 70 heavy (non-hydrogen) atoms. The smallest absolute Gasteiger partial charge is 0.137 e. The van der Waals surface area contributed by atoms with Crippen LogP contribution in [0, 0.1) is 5.82 Å². The van der Waals surface area contributed by atoms with E-state index in [2.05, 4.69) is 175 Å². The minimum absolute atomic E-state index is 0.0290. The lowest BCUT2D eigenvalue weighted by molar-refractivity contribution is 0.436. The molecular formula is C64H61FN4O. The van der Waals surface area contributed by atoms with E-state index in [1.807, 2.05) is 18.3 Å². The maximum atomic E-state index is 14.2. The van der Waals surface area contributed by atoms with E-state index < -0.39 is 0 Å². The molecule has 0 N–H and O–H groups in total. The highest BCUT2D eigenvalue weighted by Crippen LogP contribution is 2.51. The summed E-state index contributed by atoms with van der Waals surface area (Å²) in [6, 6.07) is 57.9. The molecule has 0 unspecified atom stereocenters. The standard InChI is InChI=1S/C64H61FN4O/c1-64(2,3)47-35-36-66-62(39-47)69-58-26-13-11-22-55(58)56-34-33-50(41-61(56)69)70-51-38-46(63-53(43-17-6-4-7-18-43)23-16-24-54(63)44-19-8-5-9-20-44)37-49(40-51)67-42-68(60-28-15-14-27-59(60)67)57-25-12-10-21-52(57)45-29-31-48(65)32-30-45/h10-16,21-41,43-44H,4-9,17-20,42H2,1-3H3. The summed E-state index contributed by atoms with van der Waals surface area (Å²) in [6.45, 7) is 7.35. The predicted octanol–water partition coefficient (Wildman–Crippen LogP) is 18.1. The van der Waals surface area contributed by atoms with E-state index in [1.54, 1.807) is 12.1 Å². The zero-order chi connectivity index (χ0) is 47.3. The SMILES string of the molecule is CC(C)(C)c1ccnc(-n2c3ccccc3c3ccc(Oc4cc(-c5c(C6CCCCC6)cccc5C5CCCCC5)cc(N5CN(c6ccccc6-c6ccc(F)cc6)c6ccccc65)c4)cc32)c1. The molecule has 3 aliphatic rings. The molecule has 6 heteroatoms. The number of hydrogen-bond donors (Lipinski definition) is 0. The van der Waals surface area contributed by atoms with Crippen LogP contribution in [-0.4, -0.2) is 16.2 Å². The Morgan fingerprint density at radius 1 is 0.529 bits per heavy atom. The molecular weight excluding hydrogens is 860 g/mol. The van der Waals surface area contributed by atoms with Crippen LogP contribution in [0.15, 0.2) is 170 Å². The summed E-state index contributed by atoms with van der Waals surface area (Å²) < 4.78 is 23.8. The fourth-order valence-electron chi connectivity index (χ4n) is 12.0. The molecule has 3 heterocycles. The van der Waals surface area contributed by atoms with Crippen molar-refractivity contribution in [1.29, 1.82) is 0 Å². The van der Waals surface area contributed by atoms with Gasteiger partial charge in [-0.1, -0.05) is 138 Å². The Hall–Kier alpha value is -7.18. The Kier molecular flexibility index (Phi) is 11.5. The zero-order valence-corrected chi connectivity index (χ0v) is 40.7. The fraction of sp³-hybridized carbons (Fsp3) is 0.266. The average Bonchev–Trinajstić information content (AvgIpc) is 3.95. The van der Waals surface area contributed by atoms with Gasteiger partial charge in [0.15, 0.2) is 0 Å². The topological polar surface area (TPSA) is 33.5 Å². The van der Waals surface area contributed by atoms with E-state index in [0.717, 1.165) is 67.6 Å². The lowest BCUT2D eigenvalue weighted by Crippen LogP contribution is -2.24. The van der Waals surface area contributed by atoms with Crippen molar-refractivity contribution in [3.8, 4) is 39.6 Å². The third-order valence-corrected chi connectivity index (χ3v) is 15.5. The maximum Gasteiger partial charge on any atom is 0.137 e. The van der Waals surface area contributed by atoms with Crippen LogP contribution in [-0.2, 0) is 5.41 Å². The predicted molar refractivity (Wildman–Crippen MR) is 288 cm³/mol. The second-order valence-electron chi connectivity index (χ2n) is 21.0. The second-order valence-corrected chi connectivity index (χ2v) is 21.0. The first kappa shape index (κ1) is 44.1. The fourth-order valence-corrected chi connectivity index (χ4v) is 12.0. The average molecular weight is 921 g/mol. The molecule has 2 aromatic heterocycles. The number of halogens is 1. The number of benzene rings is 7. The first-order chi connectivity index (χ1) is 34.2. The van der Waals surface area contributed by atoms with Gasteiger partial charge >= 0.3 is 0 Å². The van der Waals surface area contributed by atoms with Crippen LogP contribution in [0.3, 0.4) is 0 Å². The molecule has 0 spiro atoms. The number of aromatic nitrogens is 2. The third kappa shape index (κ3) is 8.21. The summed E-state index contributed by atoms with van der Waals surface area (Å²) in [5.74, 6) is 3.29. The van der Waals surface area contributed by atoms with E-state index >= 15 is 0 Å². The Morgan fingerprint density at radius 3 is 1.89 bits per heavy atom. The summed E-state index contributed by atoms with van der Waals surface area (Å²) >= 11 is 0. The number of pyridine rings is 1. The molecule has 0 atom stereocenters. The van der Waals surface area contributed by atoms with E-state index in [1.165, 1.54) is 97.4 Å². The van der Waals surface area contributed by atoms with Gasteiger partial charge in [0, 0.05) is 40.4 Å². The largest absolute Gasteiger partial charge is 0.457 e. The van der Waals surface area contributed by atoms with Gasteiger partial charge < -0.3 is 14.5 Å². The Labute approximate surface area is 412 Å². The number of nitrogens with zero attached hydrogens (tertiary/aromatic N) is 4. The molecule has 0 radical (unpaired) electrons. The van der Waals surface area contributed by atoms with Crippen LogP contribution in [0.2, 0.25) is 0 Å². The Morgan fingerprint density at radius 2 is 1.17 bits per heavy atom. The van der Waals surface area contributed by atoms with E-state index in [-0.39, 0.29) is 11.2 Å². The highest BCUT2D eigenvalue weighted by atomic mass is 19.1. The molecule has 2 fully saturated rings. The van der Waals surface area contributed by atoms with Crippen LogP contribution in [0.4, 0.5) is 27.1 Å². The summed E-state index contributed by atoms with van der Waals surface area (Å²) in [5.41, 5.74) is 15.5. The number of ether oxygens (including phenoxy) is 1. The van der Waals surface area contributed by atoms with Crippen molar-refractivity contribution in [1.82, 2.24) is 9.55 Å². The van der Waals surface area contributed by atoms with Crippen molar-refractivity contribution < 1.29 is 9.13 Å². The van der Waals surface area contributed by atoms with Gasteiger partial charge in [-0.2, -0.15) is 0 Å². The second kappa shape index (κ2) is 18.3. The molecule has 5 nitrogen and oxygen atoms in total. The van der Waals surface area contributed by atoms with Crippen molar-refractivity contribution in [2.24, 2.45) is 0 Å². The zero-order valence-electron chi connectivity index (χ0n) is 40.7. The van der Waals surface area contributed by atoms with Gasteiger partial charge in [-0.15, -0.1) is 0 Å². The molecule has 2 aliphatic carbocycles. The molecule has 2 saturated carbocycles. The number of para-hydroxylation sites is 4. The van der Waals surface area contributed by atoms with Crippen molar-refractivity contribution in [3.05, 3.63) is 192 Å². The van der Waals surface area contributed by atoms with Gasteiger partial charge in [0.2, 0.25) is 0 Å². The van der Waals surface area contributed by atoms with E-state index in [4.69, 9.17) is 9.72 Å². The number of fused-ring (bicyclic) bond motifs is 4. The minimum atomic E-state index is -0.237. The van der Waals surface area contributed by atoms with Crippen molar-refractivity contribution in [3.63, 3.8) is 0 Å². The van der Waals surface area contributed by atoms with Crippen molar-refractivity contribution in [2.75, 3.05) is 16.5 Å². The highest BCUT2D eigenvalue weighted by molar-refractivity contribution is 6.09. The third-order valence-electron chi connectivity index (χ3n) is 15.5. The van der Waals surface area contributed by atoms with Crippen molar-refractivity contribution >= 4 is 44.6 Å². The lowest BCUT2D eigenvalue weighted by atomic mass is 9.75. The van der Waals surface area contributed by atoms with Gasteiger partial charge in [0.25, 0.3) is 0 Å². The molecule has 0 amide bonds. The van der Waals surface area contributed by atoms with Crippen LogP contribution in [0.5, 0.6) is 11.5 Å². The van der Waals surface area contributed by atoms with Gasteiger partial charge in [0.1, 0.15) is 29.8 Å². The molecule has 0 saturated heterocycles. The quantitative estimate of drug-likeness (QED) is 0.144. The Bertz CT molecular complexity index is 3330. The minimum Gasteiger partial charge on any atom is -0.457 e. The highest BCUT2D eigenvalue weighted by Gasteiger charge is 2.32. The van der Waals surface area contributed by atoms with Gasteiger partial charge in [-0.25, -0.2) is 9.37 Å². The summed E-state index contributed by atoms with van der Waals surface area (Å²) in [4.78, 5) is 9.83. The van der Waals surface area contributed by atoms with Crippen molar-refractivity contribution in [2.45, 2.75) is 102 Å². The molecule has 7 aromatic carbocycles.